The highest BCUT2D eigenvalue weighted by molar-refractivity contribution is 7.09. The molecule has 0 saturated carbocycles. The first-order chi connectivity index (χ1) is 10.5. The molecule has 0 bridgehead atoms. The molecule has 2 heterocycles. The van der Waals surface area contributed by atoms with E-state index in [4.69, 9.17) is 0 Å². The Morgan fingerprint density at radius 1 is 1.55 bits per heavy atom. The molecular weight excluding hydrogens is 300 g/mol. The zero-order chi connectivity index (χ0) is 16.1. The molecule has 1 aliphatic rings. The molecule has 1 saturated heterocycles. The van der Waals surface area contributed by atoms with E-state index in [1.165, 1.54) is 0 Å². The van der Waals surface area contributed by atoms with Crippen LogP contribution in [0.15, 0.2) is 5.38 Å². The molecule has 0 unspecified atom stereocenters. The van der Waals surface area contributed by atoms with E-state index in [9.17, 15) is 9.59 Å². The van der Waals surface area contributed by atoms with Crippen LogP contribution < -0.4 is 5.32 Å². The van der Waals surface area contributed by atoms with Crippen LogP contribution in [0.3, 0.4) is 0 Å². The number of carbonyl (C=O) groups excluding carboxylic acids is 2. The van der Waals surface area contributed by atoms with Gasteiger partial charge in [-0.3, -0.25) is 9.59 Å². The minimum atomic E-state index is -0.215. The van der Waals surface area contributed by atoms with Crippen LogP contribution in [0.25, 0.3) is 0 Å². The van der Waals surface area contributed by atoms with E-state index < -0.39 is 0 Å². The summed E-state index contributed by atoms with van der Waals surface area (Å²) in [5.41, 5.74) is 1.02. The van der Waals surface area contributed by atoms with Crippen molar-refractivity contribution in [1.29, 1.82) is 0 Å². The van der Waals surface area contributed by atoms with E-state index in [1.54, 1.807) is 16.2 Å². The molecule has 2 rings (SSSR count). The fourth-order valence-electron chi connectivity index (χ4n) is 2.44. The third-order valence-corrected chi connectivity index (χ3v) is 4.73. The number of hydrogen-bond acceptors (Lipinski definition) is 5. The first-order valence-corrected chi connectivity index (χ1v) is 8.45. The number of aromatic nitrogens is 1. The van der Waals surface area contributed by atoms with Gasteiger partial charge in [-0.2, -0.15) is 0 Å². The molecule has 6 nitrogen and oxygen atoms in total. The first kappa shape index (κ1) is 16.9. The molecule has 7 heteroatoms. The molecule has 1 N–H and O–H groups in total. The highest BCUT2D eigenvalue weighted by atomic mass is 32.1. The zero-order valence-corrected chi connectivity index (χ0v) is 14.3. The maximum Gasteiger partial charge on any atom is 0.225 e. The van der Waals surface area contributed by atoms with Crippen molar-refractivity contribution < 1.29 is 9.59 Å². The standard InChI is InChI=1S/C15H24N4O2S/c1-11-10-22-13(17-11)4-5-16-15(21)12-8-14(20)19(9-12)7-6-18(2)3/h10,12H,4-9H2,1-3H3,(H,16,21)/t12-/m0/s1. The fraction of sp³-hybridized carbons (Fsp3) is 0.667. The fourth-order valence-corrected chi connectivity index (χ4v) is 3.21. The van der Waals surface area contributed by atoms with E-state index in [0.717, 1.165) is 23.7 Å². The molecule has 1 fully saturated rings. The Morgan fingerprint density at radius 3 is 2.95 bits per heavy atom. The van der Waals surface area contributed by atoms with Crippen LogP contribution in [0.2, 0.25) is 0 Å². The summed E-state index contributed by atoms with van der Waals surface area (Å²) in [6, 6.07) is 0. The van der Waals surface area contributed by atoms with Gasteiger partial charge in [-0.05, 0) is 21.0 Å². The van der Waals surface area contributed by atoms with E-state index in [0.29, 0.717) is 26.1 Å². The van der Waals surface area contributed by atoms with Crippen LogP contribution in [0.4, 0.5) is 0 Å². The van der Waals surface area contributed by atoms with Gasteiger partial charge in [0.05, 0.1) is 10.9 Å². The van der Waals surface area contributed by atoms with Crippen molar-refractivity contribution in [2.24, 2.45) is 5.92 Å². The number of nitrogens with one attached hydrogen (secondary N) is 1. The van der Waals surface area contributed by atoms with Crippen LogP contribution in [-0.2, 0) is 16.0 Å². The predicted octanol–water partition coefficient (Wildman–Crippen LogP) is 0.520. The number of likely N-dealkylation sites (N-methyl/N-ethyl adjacent to an activating group) is 1. The molecule has 0 aliphatic carbocycles. The van der Waals surface area contributed by atoms with Crippen LogP contribution >= 0.6 is 11.3 Å². The number of likely N-dealkylation sites (tertiary alicyclic amines) is 1. The predicted molar refractivity (Wildman–Crippen MR) is 86.8 cm³/mol. The van der Waals surface area contributed by atoms with Gasteiger partial charge in [-0.15, -0.1) is 11.3 Å². The van der Waals surface area contributed by atoms with Crippen molar-refractivity contribution in [3.63, 3.8) is 0 Å². The molecule has 2 amide bonds. The van der Waals surface area contributed by atoms with Gasteiger partial charge in [-0.25, -0.2) is 4.98 Å². The van der Waals surface area contributed by atoms with Gasteiger partial charge in [0, 0.05) is 50.1 Å². The molecular formula is C15H24N4O2S. The summed E-state index contributed by atoms with van der Waals surface area (Å²) in [7, 11) is 3.95. The van der Waals surface area contributed by atoms with Gasteiger partial charge in [-0.1, -0.05) is 0 Å². The summed E-state index contributed by atoms with van der Waals surface area (Å²) in [5, 5.41) is 5.97. The van der Waals surface area contributed by atoms with Crippen molar-refractivity contribution in [2.75, 3.05) is 40.3 Å². The lowest BCUT2D eigenvalue weighted by molar-refractivity contribution is -0.129. The summed E-state index contributed by atoms with van der Waals surface area (Å²) in [6.45, 7) is 4.59. The number of nitrogens with zero attached hydrogens (tertiary/aromatic N) is 3. The topological polar surface area (TPSA) is 65.5 Å². The maximum atomic E-state index is 12.2. The molecule has 0 spiro atoms. The Bertz CT molecular complexity index is 529. The van der Waals surface area contributed by atoms with Crippen LogP contribution in [-0.4, -0.2) is 66.9 Å². The van der Waals surface area contributed by atoms with Gasteiger partial charge in [0.15, 0.2) is 0 Å². The first-order valence-electron chi connectivity index (χ1n) is 7.57. The third kappa shape index (κ3) is 4.78. The second-order valence-corrected chi connectivity index (χ2v) is 6.91. The van der Waals surface area contributed by atoms with Crippen molar-refractivity contribution in [1.82, 2.24) is 20.1 Å². The van der Waals surface area contributed by atoms with E-state index >= 15 is 0 Å². The normalized spacial score (nSPS) is 18.3. The zero-order valence-electron chi connectivity index (χ0n) is 13.5. The number of hydrogen-bond donors (Lipinski definition) is 1. The molecule has 22 heavy (non-hydrogen) atoms. The second-order valence-electron chi connectivity index (χ2n) is 5.97. The number of carbonyl (C=O) groups is 2. The van der Waals surface area contributed by atoms with Gasteiger partial charge >= 0.3 is 0 Å². The van der Waals surface area contributed by atoms with E-state index in [1.807, 2.05) is 31.3 Å². The minimum Gasteiger partial charge on any atom is -0.355 e. The van der Waals surface area contributed by atoms with Crippen molar-refractivity contribution in [3.8, 4) is 0 Å². The summed E-state index contributed by atoms with van der Waals surface area (Å²) in [5.74, 6) is -0.153. The molecule has 1 atom stereocenters. The molecule has 0 radical (unpaired) electrons. The Kier molecular flexibility index (Phi) is 5.90. The summed E-state index contributed by atoms with van der Waals surface area (Å²) < 4.78 is 0. The highest BCUT2D eigenvalue weighted by Crippen LogP contribution is 2.17. The Balaban J connectivity index is 1.72. The Morgan fingerprint density at radius 2 is 2.32 bits per heavy atom. The third-order valence-electron chi connectivity index (χ3n) is 3.71. The van der Waals surface area contributed by atoms with E-state index in [2.05, 4.69) is 10.3 Å². The number of thiazole rings is 1. The Hall–Kier alpha value is -1.47. The van der Waals surface area contributed by atoms with Gasteiger partial charge in [0.2, 0.25) is 11.8 Å². The van der Waals surface area contributed by atoms with Crippen molar-refractivity contribution in [3.05, 3.63) is 16.1 Å². The second kappa shape index (κ2) is 7.69. The van der Waals surface area contributed by atoms with Crippen LogP contribution in [0.1, 0.15) is 17.1 Å². The molecule has 122 valence electrons. The molecule has 0 aromatic carbocycles. The summed E-state index contributed by atoms with van der Waals surface area (Å²) in [4.78, 5) is 32.3. The maximum absolute atomic E-state index is 12.2. The lowest BCUT2D eigenvalue weighted by atomic mass is 10.1. The van der Waals surface area contributed by atoms with Crippen molar-refractivity contribution in [2.45, 2.75) is 19.8 Å². The molecule has 1 aromatic rings. The van der Waals surface area contributed by atoms with Gasteiger partial charge in [0.1, 0.15) is 0 Å². The molecule has 1 aromatic heterocycles. The average Bonchev–Trinajstić information content (AvgIpc) is 3.03. The number of rotatable bonds is 7. The Labute approximate surface area is 135 Å². The lowest BCUT2D eigenvalue weighted by Crippen LogP contribution is -2.36. The van der Waals surface area contributed by atoms with Crippen LogP contribution in [0, 0.1) is 12.8 Å². The van der Waals surface area contributed by atoms with Crippen molar-refractivity contribution >= 4 is 23.2 Å². The van der Waals surface area contributed by atoms with E-state index in [-0.39, 0.29) is 17.7 Å². The van der Waals surface area contributed by atoms with Crippen LogP contribution in [0.5, 0.6) is 0 Å². The summed E-state index contributed by atoms with van der Waals surface area (Å²) >= 11 is 1.61. The average molecular weight is 324 g/mol. The monoisotopic (exact) mass is 324 g/mol. The smallest absolute Gasteiger partial charge is 0.225 e. The number of aryl methyl sites for hydroxylation is 1. The quantitative estimate of drug-likeness (QED) is 0.794. The summed E-state index contributed by atoms with van der Waals surface area (Å²) in [6.07, 6.45) is 1.07. The minimum absolute atomic E-state index is 0.0195. The lowest BCUT2D eigenvalue weighted by Gasteiger charge is -2.19. The highest BCUT2D eigenvalue weighted by Gasteiger charge is 2.33. The van der Waals surface area contributed by atoms with Gasteiger partial charge < -0.3 is 15.1 Å². The molecule has 1 aliphatic heterocycles. The van der Waals surface area contributed by atoms with Gasteiger partial charge in [0.25, 0.3) is 0 Å². The largest absolute Gasteiger partial charge is 0.355 e. The SMILES string of the molecule is Cc1csc(CCNC(=O)[C@H]2CC(=O)N(CCN(C)C)C2)n1. The number of amides is 2.